The fraction of sp³-hybridized carbons (Fsp3) is 0.444. The summed E-state index contributed by atoms with van der Waals surface area (Å²) in [5.41, 5.74) is 1.37. The van der Waals surface area contributed by atoms with E-state index in [1.807, 2.05) is 25.1 Å². The van der Waals surface area contributed by atoms with Crippen LogP contribution in [0.15, 0.2) is 53.8 Å². The molecule has 2 heterocycles. The molecule has 1 saturated carbocycles. The molecule has 1 aromatic carbocycles. The lowest BCUT2D eigenvalue weighted by Crippen LogP contribution is -2.46. The maximum absolute atomic E-state index is 13.4. The van der Waals surface area contributed by atoms with Crippen LogP contribution >= 0.6 is 0 Å². The summed E-state index contributed by atoms with van der Waals surface area (Å²) in [5, 5.41) is 0. The Bertz CT molecular complexity index is 1380. The molecule has 204 valence electrons. The number of ether oxygens (including phenoxy) is 1. The molecule has 0 radical (unpaired) electrons. The zero-order valence-corrected chi connectivity index (χ0v) is 22.6. The van der Waals surface area contributed by atoms with Crippen molar-refractivity contribution < 1.29 is 26.3 Å². The Morgan fingerprint density at radius 1 is 1.08 bits per heavy atom. The minimum atomic E-state index is -4.39. The van der Waals surface area contributed by atoms with Crippen LogP contribution in [0, 0.1) is 13.8 Å². The molecule has 0 N–H and O–H groups in total. The van der Waals surface area contributed by atoms with Crippen LogP contribution in [0.5, 0.6) is 5.88 Å². The molecular formula is C27H31F3N4O3S. The molecule has 0 aliphatic heterocycles. The third-order valence-corrected chi connectivity index (χ3v) is 8.69. The van der Waals surface area contributed by atoms with Gasteiger partial charge in [-0.25, -0.2) is 23.4 Å². The molecule has 3 atom stereocenters. The Balaban J connectivity index is 1.50. The first-order valence-electron chi connectivity index (χ1n) is 12.3. The Hall–Kier alpha value is -3.05. The summed E-state index contributed by atoms with van der Waals surface area (Å²) in [6.07, 6.45) is 0.0739. The van der Waals surface area contributed by atoms with Crippen LogP contribution in [0.2, 0.25) is 0 Å². The number of pyridine rings is 1. The zero-order valence-electron chi connectivity index (χ0n) is 21.7. The van der Waals surface area contributed by atoms with E-state index in [0.29, 0.717) is 47.7 Å². The second-order valence-corrected chi connectivity index (χ2v) is 12.0. The van der Waals surface area contributed by atoms with Gasteiger partial charge in [0.05, 0.1) is 27.6 Å². The van der Waals surface area contributed by atoms with E-state index in [-0.39, 0.29) is 28.7 Å². The van der Waals surface area contributed by atoms with Crippen molar-refractivity contribution in [3.05, 3.63) is 77.0 Å². The fourth-order valence-electron chi connectivity index (χ4n) is 5.07. The van der Waals surface area contributed by atoms with Crippen LogP contribution in [0.4, 0.5) is 13.2 Å². The number of hydrogen-bond donors (Lipinski definition) is 0. The smallest absolute Gasteiger partial charge is 0.416 e. The predicted molar refractivity (Wildman–Crippen MR) is 137 cm³/mol. The summed E-state index contributed by atoms with van der Waals surface area (Å²) in [4.78, 5) is 14.3. The zero-order chi connectivity index (χ0) is 27.7. The summed E-state index contributed by atoms with van der Waals surface area (Å²) < 4.78 is 72.3. The molecule has 1 aliphatic rings. The number of aromatic nitrogens is 3. The van der Waals surface area contributed by atoms with E-state index in [1.54, 1.807) is 26.0 Å². The summed E-state index contributed by atoms with van der Waals surface area (Å²) >= 11 is 0. The molecule has 0 bridgehead atoms. The summed E-state index contributed by atoms with van der Waals surface area (Å²) in [6.45, 7) is 3.30. The Morgan fingerprint density at radius 3 is 2.47 bits per heavy atom. The molecule has 2 aromatic heterocycles. The highest BCUT2D eigenvalue weighted by atomic mass is 32.2. The molecule has 4 rings (SSSR count). The molecule has 3 aromatic rings. The molecular weight excluding hydrogens is 517 g/mol. The van der Waals surface area contributed by atoms with Crippen molar-refractivity contribution in [1.29, 1.82) is 0 Å². The average Bonchev–Trinajstić information content (AvgIpc) is 2.83. The normalized spacial score (nSPS) is 20.5. The molecule has 7 nitrogen and oxygen atoms in total. The highest BCUT2D eigenvalue weighted by Gasteiger charge is 2.36. The van der Waals surface area contributed by atoms with Gasteiger partial charge in [-0.3, -0.25) is 0 Å². The second-order valence-electron chi connectivity index (χ2n) is 10.0. The number of hydrogen-bond acceptors (Lipinski definition) is 7. The number of aryl methyl sites for hydroxylation is 2. The lowest BCUT2D eigenvalue weighted by Gasteiger charge is -2.39. The Morgan fingerprint density at radius 2 is 1.84 bits per heavy atom. The topological polar surface area (TPSA) is 85.3 Å². The van der Waals surface area contributed by atoms with Gasteiger partial charge in [-0.05, 0) is 83.0 Å². The van der Waals surface area contributed by atoms with Crippen molar-refractivity contribution in [2.45, 2.75) is 68.0 Å². The van der Waals surface area contributed by atoms with E-state index in [9.17, 15) is 21.6 Å². The van der Waals surface area contributed by atoms with Crippen molar-refractivity contribution in [2.24, 2.45) is 0 Å². The molecule has 0 saturated heterocycles. The van der Waals surface area contributed by atoms with Gasteiger partial charge in [-0.2, -0.15) is 13.2 Å². The van der Waals surface area contributed by atoms with Gasteiger partial charge in [0.1, 0.15) is 12.4 Å². The quantitative estimate of drug-likeness (QED) is 0.405. The summed E-state index contributed by atoms with van der Waals surface area (Å²) in [5.74, 6) is 0.0148. The highest BCUT2D eigenvalue weighted by molar-refractivity contribution is 7.90. The van der Waals surface area contributed by atoms with Gasteiger partial charge in [0, 0.05) is 18.3 Å². The van der Waals surface area contributed by atoms with Crippen LogP contribution in [0.1, 0.15) is 53.3 Å². The molecule has 0 spiro atoms. The largest absolute Gasteiger partial charge is 0.473 e. The Kier molecular flexibility index (Phi) is 8.08. The first-order valence-corrected chi connectivity index (χ1v) is 14.0. The van der Waals surface area contributed by atoms with Crippen molar-refractivity contribution in [2.75, 3.05) is 14.1 Å². The summed E-state index contributed by atoms with van der Waals surface area (Å²) in [7, 11) is 0.168. The fourth-order valence-corrected chi connectivity index (χ4v) is 6.55. The number of sulfone groups is 1. The van der Waals surface area contributed by atoms with Crippen LogP contribution in [0.3, 0.4) is 0 Å². The van der Waals surface area contributed by atoms with Crippen molar-refractivity contribution in [3.63, 3.8) is 0 Å². The molecule has 11 heteroatoms. The minimum Gasteiger partial charge on any atom is -0.473 e. The van der Waals surface area contributed by atoms with Crippen LogP contribution in [0.25, 0.3) is 0 Å². The molecule has 38 heavy (non-hydrogen) atoms. The molecule has 1 aliphatic carbocycles. The van der Waals surface area contributed by atoms with E-state index in [0.717, 1.165) is 0 Å². The van der Waals surface area contributed by atoms with Crippen molar-refractivity contribution in [3.8, 4) is 5.88 Å². The highest BCUT2D eigenvalue weighted by Crippen LogP contribution is 2.39. The number of alkyl halides is 3. The van der Waals surface area contributed by atoms with Crippen LogP contribution < -0.4 is 4.74 Å². The Labute approximate surface area is 221 Å². The maximum Gasteiger partial charge on any atom is 0.416 e. The van der Waals surface area contributed by atoms with Gasteiger partial charge in [0.2, 0.25) is 5.88 Å². The van der Waals surface area contributed by atoms with E-state index in [4.69, 9.17) is 4.74 Å². The number of rotatable bonds is 7. The maximum atomic E-state index is 13.4. The van der Waals surface area contributed by atoms with E-state index < -0.39 is 21.6 Å². The lowest BCUT2D eigenvalue weighted by atomic mass is 9.78. The molecule has 0 unspecified atom stereocenters. The monoisotopic (exact) mass is 548 g/mol. The van der Waals surface area contributed by atoms with Crippen molar-refractivity contribution in [1.82, 2.24) is 19.9 Å². The first-order chi connectivity index (χ1) is 17.8. The number of nitrogens with zero attached hydrogens (tertiary/aromatic N) is 4. The standard InChI is InChI=1S/C27H31F3N4O3S/c1-17-11-20(13-21(12-17)27(28,29)30)19-5-6-24(23(14-19)34(3)4)37-26-8-7-25(18(2)33-26)38(35,36)15-22-9-10-31-16-32-22/h7-13,16,19,23-24H,5-6,14-15H2,1-4H3/t19-,23-,24-/m0/s1. The van der Waals surface area contributed by atoms with Gasteiger partial charge < -0.3 is 9.64 Å². The van der Waals surface area contributed by atoms with Gasteiger partial charge in [0.15, 0.2) is 9.84 Å². The van der Waals surface area contributed by atoms with Crippen LogP contribution in [-0.4, -0.2) is 54.5 Å². The van der Waals surface area contributed by atoms with E-state index in [1.165, 1.54) is 30.7 Å². The SMILES string of the molecule is Cc1cc([C@H]2CC[C@H](Oc3ccc(S(=O)(=O)Cc4ccncn4)c(C)n3)[C@@H](N(C)C)C2)cc(C(F)(F)F)c1. The average molecular weight is 549 g/mol. The van der Waals surface area contributed by atoms with Crippen LogP contribution in [-0.2, 0) is 21.8 Å². The molecule has 0 amide bonds. The number of benzene rings is 1. The minimum absolute atomic E-state index is 0.0349. The third-order valence-electron chi connectivity index (χ3n) is 6.92. The number of halogens is 3. The number of likely N-dealkylation sites (N-methyl/N-ethyl adjacent to an activating group) is 1. The first kappa shape index (κ1) is 28.0. The van der Waals surface area contributed by atoms with Gasteiger partial charge in [-0.15, -0.1) is 0 Å². The summed E-state index contributed by atoms with van der Waals surface area (Å²) in [6, 6.07) is 8.80. The predicted octanol–water partition coefficient (Wildman–Crippen LogP) is 5.13. The lowest BCUT2D eigenvalue weighted by molar-refractivity contribution is -0.137. The van der Waals surface area contributed by atoms with E-state index in [2.05, 4.69) is 15.0 Å². The third kappa shape index (κ3) is 6.50. The molecule has 1 fully saturated rings. The van der Waals surface area contributed by atoms with Crippen molar-refractivity contribution >= 4 is 9.84 Å². The van der Waals surface area contributed by atoms with Gasteiger partial charge in [-0.1, -0.05) is 11.6 Å². The van der Waals surface area contributed by atoms with E-state index >= 15 is 0 Å². The van der Waals surface area contributed by atoms with Gasteiger partial charge in [0.25, 0.3) is 0 Å². The second kappa shape index (κ2) is 11.0. The van der Waals surface area contributed by atoms with Gasteiger partial charge >= 0.3 is 6.18 Å².